The highest BCUT2D eigenvalue weighted by atomic mass is 15.1. The maximum absolute atomic E-state index is 2.59. The van der Waals surface area contributed by atoms with Gasteiger partial charge in [0.1, 0.15) is 12.4 Å². The van der Waals surface area contributed by atoms with E-state index in [0.29, 0.717) is 0 Å². The maximum atomic E-state index is 2.59. The zero-order chi connectivity index (χ0) is 27.4. The third-order valence-corrected chi connectivity index (χ3v) is 8.60. The van der Waals surface area contributed by atoms with E-state index in [0.717, 1.165) is 0 Å². The molecule has 0 N–H and O–H groups in total. The van der Waals surface area contributed by atoms with Crippen molar-refractivity contribution < 1.29 is 4.57 Å². The van der Waals surface area contributed by atoms with Crippen LogP contribution in [0.5, 0.6) is 0 Å². The van der Waals surface area contributed by atoms with Crippen molar-refractivity contribution in [2.24, 2.45) is 0 Å². The van der Waals surface area contributed by atoms with Crippen molar-refractivity contribution in [1.82, 2.24) is 4.57 Å². The molecular formula is C36H71N2+. The fourth-order valence-corrected chi connectivity index (χ4v) is 5.95. The lowest BCUT2D eigenvalue weighted by Crippen LogP contribution is -2.37. The Morgan fingerprint density at radius 2 is 0.816 bits per heavy atom. The monoisotopic (exact) mass is 532 g/mol. The van der Waals surface area contributed by atoms with E-state index in [2.05, 4.69) is 42.3 Å². The third kappa shape index (κ3) is 20.2. The van der Waals surface area contributed by atoms with E-state index in [9.17, 15) is 0 Å². The minimum absolute atomic E-state index is 1.22. The largest absolute Gasteiger partial charge is 0.256 e. The molecule has 0 radical (unpaired) electrons. The molecule has 0 fully saturated rings. The molecule has 0 aliphatic carbocycles. The summed E-state index contributed by atoms with van der Waals surface area (Å²) in [6.45, 7) is 9.39. The number of nitrogens with zero attached hydrogens (tertiary/aromatic N) is 2. The minimum atomic E-state index is 1.22. The molecule has 0 atom stereocenters. The molecule has 0 aliphatic rings. The molecule has 1 aromatic rings. The van der Waals surface area contributed by atoms with Gasteiger partial charge in [0.05, 0.1) is 13.1 Å². The molecule has 1 rings (SSSR count). The summed E-state index contributed by atoms with van der Waals surface area (Å²) in [6.07, 6.45) is 44.5. The van der Waals surface area contributed by atoms with Crippen LogP contribution in [0.4, 0.5) is 0 Å². The zero-order valence-electron chi connectivity index (χ0n) is 26.8. The van der Waals surface area contributed by atoms with Gasteiger partial charge >= 0.3 is 0 Å². The van der Waals surface area contributed by atoms with Gasteiger partial charge in [-0.05, 0) is 32.1 Å². The van der Waals surface area contributed by atoms with E-state index in [1.807, 2.05) is 0 Å². The summed E-state index contributed by atoms with van der Waals surface area (Å²) in [4.78, 5) is 0. The highest BCUT2D eigenvalue weighted by molar-refractivity contribution is 4.84. The lowest BCUT2D eigenvalue weighted by molar-refractivity contribution is -0.704. The minimum Gasteiger partial charge on any atom is -0.234 e. The molecule has 1 aromatic heterocycles. The van der Waals surface area contributed by atoms with Gasteiger partial charge in [-0.3, -0.25) is 0 Å². The van der Waals surface area contributed by atoms with Gasteiger partial charge in [0.25, 0.3) is 5.82 Å². The molecule has 38 heavy (non-hydrogen) atoms. The SMILES string of the molecule is CCCCCCCCCCCCCCC[n+]1ccn(CCCCCCCCCCCCCC)c1CCCC. The van der Waals surface area contributed by atoms with E-state index in [1.165, 1.54) is 193 Å². The molecule has 224 valence electrons. The quantitative estimate of drug-likeness (QED) is 0.0689. The van der Waals surface area contributed by atoms with E-state index in [-0.39, 0.29) is 0 Å². The highest BCUT2D eigenvalue weighted by Gasteiger charge is 2.16. The highest BCUT2D eigenvalue weighted by Crippen LogP contribution is 2.14. The van der Waals surface area contributed by atoms with Crippen LogP contribution < -0.4 is 4.57 Å². The van der Waals surface area contributed by atoms with Gasteiger partial charge in [-0.2, -0.15) is 0 Å². The van der Waals surface area contributed by atoms with Crippen LogP contribution in [0, 0.1) is 0 Å². The lowest BCUT2D eigenvalue weighted by Gasteiger charge is -2.06. The average molecular weight is 532 g/mol. The van der Waals surface area contributed by atoms with Crippen molar-refractivity contribution in [3.05, 3.63) is 18.2 Å². The van der Waals surface area contributed by atoms with Crippen LogP contribution >= 0.6 is 0 Å². The van der Waals surface area contributed by atoms with E-state index in [4.69, 9.17) is 0 Å². The molecule has 2 nitrogen and oxygen atoms in total. The number of hydrogen-bond donors (Lipinski definition) is 0. The Bertz CT molecular complexity index is 590. The Kier molecular flexibility index (Phi) is 25.7. The normalized spacial score (nSPS) is 11.6. The Morgan fingerprint density at radius 1 is 0.447 bits per heavy atom. The predicted octanol–water partition coefficient (Wildman–Crippen LogP) is 11.9. The number of unbranched alkanes of at least 4 members (excludes halogenated alkanes) is 24. The standard InChI is InChI=1S/C36H71N2/c1-4-7-10-12-14-16-18-20-22-24-26-28-30-33-38-35-34-37(36(38)31-9-6-3)32-29-27-25-23-21-19-17-15-13-11-8-5-2/h34-35H,4-33H2,1-3H3/q+1. The predicted molar refractivity (Wildman–Crippen MR) is 170 cm³/mol. The van der Waals surface area contributed by atoms with Crippen LogP contribution in [0.2, 0.25) is 0 Å². The van der Waals surface area contributed by atoms with Gasteiger partial charge < -0.3 is 0 Å². The first-order valence-electron chi connectivity index (χ1n) is 17.9. The smallest absolute Gasteiger partial charge is 0.234 e. The first kappa shape index (κ1) is 35.2. The third-order valence-electron chi connectivity index (χ3n) is 8.60. The fraction of sp³-hybridized carbons (Fsp3) is 0.917. The van der Waals surface area contributed by atoms with Crippen LogP contribution in [-0.2, 0) is 19.5 Å². The Balaban J connectivity index is 2.10. The second-order valence-corrected chi connectivity index (χ2v) is 12.3. The van der Waals surface area contributed by atoms with Gasteiger partial charge in [-0.25, -0.2) is 9.13 Å². The number of aromatic nitrogens is 2. The van der Waals surface area contributed by atoms with Gasteiger partial charge in [0.2, 0.25) is 0 Å². The Labute approximate surface area is 240 Å². The van der Waals surface area contributed by atoms with E-state index < -0.39 is 0 Å². The Morgan fingerprint density at radius 3 is 1.24 bits per heavy atom. The molecule has 0 saturated carbocycles. The lowest BCUT2D eigenvalue weighted by atomic mass is 10.0. The Hall–Kier alpha value is -0.790. The van der Waals surface area contributed by atoms with E-state index in [1.54, 1.807) is 5.82 Å². The number of aryl methyl sites for hydroxylation is 2. The molecule has 0 bridgehead atoms. The second-order valence-electron chi connectivity index (χ2n) is 12.3. The summed E-state index contributed by atoms with van der Waals surface area (Å²) < 4.78 is 5.18. The number of hydrogen-bond acceptors (Lipinski definition) is 0. The van der Waals surface area contributed by atoms with Crippen molar-refractivity contribution in [2.45, 2.75) is 214 Å². The molecule has 0 saturated heterocycles. The summed E-state index contributed by atoms with van der Waals surface area (Å²) in [5.74, 6) is 1.59. The fourth-order valence-electron chi connectivity index (χ4n) is 5.95. The molecule has 0 aliphatic heterocycles. The topological polar surface area (TPSA) is 8.81 Å². The van der Waals surface area contributed by atoms with Crippen LogP contribution in [0.15, 0.2) is 12.4 Å². The average Bonchev–Trinajstić information content (AvgIpc) is 3.31. The van der Waals surface area contributed by atoms with Gasteiger partial charge in [-0.1, -0.05) is 162 Å². The second kappa shape index (κ2) is 27.8. The summed E-state index contributed by atoms with van der Waals surface area (Å²) in [5, 5.41) is 0. The molecule has 0 amide bonds. The summed E-state index contributed by atoms with van der Waals surface area (Å²) >= 11 is 0. The molecular weight excluding hydrogens is 460 g/mol. The van der Waals surface area contributed by atoms with Crippen molar-refractivity contribution in [1.29, 1.82) is 0 Å². The van der Waals surface area contributed by atoms with Crippen molar-refractivity contribution >= 4 is 0 Å². The van der Waals surface area contributed by atoms with Crippen LogP contribution in [0.3, 0.4) is 0 Å². The van der Waals surface area contributed by atoms with Gasteiger partial charge in [0.15, 0.2) is 0 Å². The summed E-state index contributed by atoms with van der Waals surface area (Å²) in [6, 6.07) is 0. The maximum Gasteiger partial charge on any atom is 0.256 e. The number of rotatable bonds is 30. The first-order chi connectivity index (χ1) is 18.8. The molecule has 2 heteroatoms. The van der Waals surface area contributed by atoms with Crippen molar-refractivity contribution in [3.63, 3.8) is 0 Å². The summed E-state index contributed by atoms with van der Waals surface area (Å²) in [7, 11) is 0. The van der Waals surface area contributed by atoms with E-state index >= 15 is 0 Å². The van der Waals surface area contributed by atoms with Crippen LogP contribution in [0.25, 0.3) is 0 Å². The van der Waals surface area contributed by atoms with Crippen LogP contribution in [0.1, 0.15) is 200 Å². The first-order valence-corrected chi connectivity index (χ1v) is 17.9. The molecule has 1 heterocycles. The van der Waals surface area contributed by atoms with Gasteiger partial charge in [0, 0.05) is 6.42 Å². The van der Waals surface area contributed by atoms with Crippen molar-refractivity contribution in [2.75, 3.05) is 0 Å². The van der Waals surface area contributed by atoms with Crippen molar-refractivity contribution in [3.8, 4) is 0 Å². The van der Waals surface area contributed by atoms with Gasteiger partial charge in [-0.15, -0.1) is 0 Å². The molecule has 0 unspecified atom stereocenters. The number of imidazole rings is 1. The molecule has 0 aromatic carbocycles. The summed E-state index contributed by atoms with van der Waals surface area (Å²) in [5.41, 5.74) is 0. The molecule has 0 spiro atoms. The van der Waals surface area contributed by atoms with Crippen LogP contribution in [-0.4, -0.2) is 4.57 Å². The zero-order valence-corrected chi connectivity index (χ0v) is 26.8.